The lowest BCUT2D eigenvalue weighted by Crippen LogP contribution is -2.56. The van der Waals surface area contributed by atoms with Gasteiger partial charge < -0.3 is 10.2 Å². The van der Waals surface area contributed by atoms with Crippen LogP contribution in [-0.4, -0.2) is 35.1 Å². The van der Waals surface area contributed by atoms with Crippen molar-refractivity contribution in [2.75, 3.05) is 23.9 Å². The minimum atomic E-state index is -2.58. The van der Waals surface area contributed by atoms with Crippen LogP contribution in [0.1, 0.15) is 51.6 Å². The van der Waals surface area contributed by atoms with Crippen molar-refractivity contribution in [2.45, 2.75) is 63.5 Å². The van der Waals surface area contributed by atoms with Crippen LogP contribution in [0.25, 0.3) is 0 Å². The maximum atomic E-state index is 13.0. The Bertz CT molecular complexity index is 572. The molecule has 1 saturated heterocycles. The number of hydrogen-bond acceptors (Lipinski definition) is 4. The molecule has 1 N–H and O–H groups in total. The van der Waals surface area contributed by atoms with Gasteiger partial charge in [-0.05, 0) is 18.6 Å². The van der Waals surface area contributed by atoms with Crippen LogP contribution in [0.4, 0.5) is 14.6 Å². The van der Waals surface area contributed by atoms with Crippen LogP contribution in [0, 0.1) is 0 Å². The fourth-order valence-corrected chi connectivity index (χ4v) is 3.83. The summed E-state index contributed by atoms with van der Waals surface area (Å²) >= 11 is 1.91. The minimum Gasteiger partial charge on any atom is -0.379 e. The number of aromatic nitrogens is 1. The van der Waals surface area contributed by atoms with E-state index in [0.717, 1.165) is 17.3 Å². The number of anilines is 1. The van der Waals surface area contributed by atoms with E-state index in [4.69, 9.17) is 0 Å². The quantitative estimate of drug-likeness (QED) is 0.395. The number of thioether (sulfide) groups is 1. The molecule has 0 saturated carbocycles. The van der Waals surface area contributed by atoms with Crippen LogP contribution in [0.5, 0.6) is 0 Å². The van der Waals surface area contributed by atoms with E-state index >= 15 is 0 Å². The number of hydrogen-bond donors (Lipinski definition) is 1. The highest BCUT2D eigenvalue weighted by atomic mass is 32.2. The number of pyridine rings is 1. The molecule has 2 rings (SSSR count). The molecule has 0 bridgehead atoms. The zero-order valence-corrected chi connectivity index (χ0v) is 16.8. The van der Waals surface area contributed by atoms with Crippen LogP contribution in [0.15, 0.2) is 30.5 Å². The number of allylic oxidation sites excluding steroid dienone is 1. The lowest BCUT2D eigenvalue weighted by atomic mass is 10.1. The first kappa shape index (κ1) is 21.0. The molecule has 1 atom stereocenters. The molecule has 1 aliphatic rings. The van der Waals surface area contributed by atoms with Gasteiger partial charge in [0.2, 0.25) is 0 Å². The van der Waals surface area contributed by atoms with Gasteiger partial charge in [0.15, 0.2) is 0 Å². The molecular weight excluding hydrogens is 352 g/mol. The third-order valence-electron chi connectivity index (χ3n) is 4.51. The molecule has 1 aromatic heterocycles. The van der Waals surface area contributed by atoms with E-state index in [1.54, 1.807) is 11.0 Å². The first-order chi connectivity index (χ1) is 12.4. The molecule has 0 aliphatic carbocycles. The summed E-state index contributed by atoms with van der Waals surface area (Å²) in [5, 5.41) is 3.99. The second-order valence-corrected chi connectivity index (χ2v) is 8.55. The fraction of sp³-hybridized carbons (Fsp3) is 0.650. The van der Waals surface area contributed by atoms with Crippen molar-refractivity contribution in [2.24, 2.45) is 0 Å². The molecule has 6 heteroatoms. The van der Waals surface area contributed by atoms with Gasteiger partial charge in [0.05, 0.1) is 19.0 Å². The van der Waals surface area contributed by atoms with Gasteiger partial charge in [0.1, 0.15) is 5.82 Å². The van der Waals surface area contributed by atoms with E-state index in [9.17, 15) is 8.78 Å². The van der Waals surface area contributed by atoms with Gasteiger partial charge in [-0.25, -0.2) is 13.8 Å². The lowest BCUT2D eigenvalue weighted by molar-refractivity contribution is -0.0267. The molecule has 146 valence electrons. The van der Waals surface area contributed by atoms with E-state index in [0.29, 0.717) is 17.5 Å². The van der Waals surface area contributed by atoms with Gasteiger partial charge in [0.25, 0.3) is 5.92 Å². The molecule has 0 amide bonds. The smallest absolute Gasteiger partial charge is 0.282 e. The Morgan fingerprint density at radius 1 is 1.35 bits per heavy atom. The highest BCUT2D eigenvalue weighted by molar-refractivity contribution is 7.99. The molecule has 1 aromatic rings. The summed E-state index contributed by atoms with van der Waals surface area (Å²) in [5.41, 5.74) is 1.77. The molecule has 1 fully saturated rings. The summed E-state index contributed by atoms with van der Waals surface area (Å²) in [5.74, 6) is -1.12. The standard InChI is InChI=1S/C20H31F2N3S/c1-4-5-6-7-9-17(3)26-15-23-16(2)12-18-10-8-11-19(24-18)25-13-20(21,22)14-25/h8,10-11,17,23H,2,4-7,9,12-15H2,1,3H3. The van der Waals surface area contributed by atoms with Gasteiger partial charge >= 0.3 is 0 Å². The van der Waals surface area contributed by atoms with Crippen molar-refractivity contribution in [3.8, 4) is 0 Å². The molecule has 3 nitrogen and oxygen atoms in total. The molecule has 0 spiro atoms. The average Bonchev–Trinajstić information content (AvgIpc) is 2.57. The zero-order chi connectivity index (χ0) is 19.0. The predicted molar refractivity (Wildman–Crippen MR) is 108 cm³/mol. The Morgan fingerprint density at radius 2 is 2.12 bits per heavy atom. The second-order valence-electron chi connectivity index (χ2n) is 7.13. The molecule has 2 heterocycles. The Labute approximate surface area is 160 Å². The van der Waals surface area contributed by atoms with E-state index in [2.05, 4.69) is 30.7 Å². The topological polar surface area (TPSA) is 28.2 Å². The van der Waals surface area contributed by atoms with E-state index in [-0.39, 0.29) is 13.1 Å². The number of nitrogens with zero attached hydrogens (tertiary/aromatic N) is 2. The Hall–Kier alpha value is -1.30. The van der Waals surface area contributed by atoms with Gasteiger partial charge in [0, 0.05) is 23.1 Å². The summed E-state index contributed by atoms with van der Waals surface area (Å²) < 4.78 is 26.0. The molecule has 0 aromatic carbocycles. The van der Waals surface area contributed by atoms with Gasteiger partial charge in [-0.2, -0.15) is 0 Å². The molecule has 0 radical (unpaired) electrons. The number of nitrogens with one attached hydrogen (secondary N) is 1. The average molecular weight is 384 g/mol. The highest BCUT2D eigenvalue weighted by Gasteiger charge is 2.44. The SMILES string of the molecule is C=C(Cc1cccc(N2CC(F)(F)C2)n1)NCSC(C)CCCCCC. The van der Waals surface area contributed by atoms with Crippen LogP contribution >= 0.6 is 11.8 Å². The molecule has 1 unspecified atom stereocenters. The van der Waals surface area contributed by atoms with Crippen molar-refractivity contribution in [3.05, 3.63) is 36.2 Å². The third kappa shape index (κ3) is 7.14. The summed E-state index contributed by atoms with van der Waals surface area (Å²) in [4.78, 5) is 6.09. The first-order valence-corrected chi connectivity index (χ1v) is 10.6. The lowest BCUT2D eigenvalue weighted by Gasteiger charge is -2.39. The van der Waals surface area contributed by atoms with Crippen molar-refractivity contribution < 1.29 is 8.78 Å². The predicted octanol–water partition coefficient (Wildman–Crippen LogP) is 5.23. The maximum absolute atomic E-state index is 13.0. The Kier molecular flexibility index (Phi) is 8.19. The van der Waals surface area contributed by atoms with Crippen LogP contribution in [-0.2, 0) is 6.42 Å². The molecule has 26 heavy (non-hydrogen) atoms. The maximum Gasteiger partial charge on any atom is 0.282 e. The summed E-state index contributed by atoms with van der Waals surface area (Å²) in [6.45, 7) is 8.09. The monoisotopic (exact) mass is 383 g/mol. The van der Waals surface area contributed by atoms with Crippen LogP contribution < -0.4 is 10.2 Å². The number of rotatable bonds is 12. The largest absolute Gasteiger partial charge is 0.379 e. The zero-order valence-electron chi connectivity index (χ0n) is 15.9. The van der Waals surface area contributed by atoms with Crippen molar-refractivity contribution in [3.63, 3.8) is 0 Å². The third-order valence-corrected chi connectivity index (χ3v) is 5.62. The normalized spacial score (nSPS) is 16.8. The van der Waals surface area contributed by atoms with Crippen molar-refractivity contribution in [1.82, 2.24) is 10.3 Å². The summed E-state index contributed by atoms with van der Waals surface area (Å²) in [7, 11) is 0. The summed E-state index contributed by atoms with van der Waals surface area (Å²) in [6.07, 6.45) is 7.10. The second kappa shape index (κ2) is 10.1. The number of halogens is 2. The Morgan fingerprint density at radius 3 is 2.81 bits per heavy atom. The van der Waals surface area contributed by atoms with Gasteiger partial charge in [-0.15, -0.1) is 11.8 Å². The first-order valence-electron chi connectivity index (χ1n) is 9.51. The minimum absolute atomic E-state index is 0.241. The van der Waals surface area contributed by atoms with Crippen LogP contribution in [0.2, 0.25) is 0 Å². The van der Waals surface area contributed by atoms with Crippen molar-refractivity contribution >= 4 is 17.6 Å². The summed E-state index contributed by atoms with van der Waals surface area (Å²) in [6, 6.07) is 5.57. The molecular formula is C20H31F2N3S. The van der Waals surface area contributed by atoms with Gasteiger partial charge in [-0.1, -0.05) is 52.2 Å². The van der Waals surface area contributed by atoms with Crippen molar-refractivity contribution in [1.29, 1.82) is 0 Å². The van der Waals surface area contributed by atoms with E-state index in [1.807, 2.05) is 23.9 Å². The van der Waals surface area contributed by atoms with E-state index < -0.39 is 5.92 Å². The van der Waals surface area contributed by atoms with Crippen LogP contribution in [0.3, 0.4) is 0 Å². The highest BCUT2D eigenvalue weighted by Crippen LogP contribution is 2.30. The van der Waals surface area contributed by atoms with E-state index in [1.165, 1.54) is 32.1 Å². The fourth-order valence-electron chi connectivity index (χ4n) is 2.92. The number of alkyl halides is 2. The van der Waals surface area contributed by atoms with Gasteiger partial charge in [-0.3, -0.25) is 0 Å². The number of unbranched alkanes of at least 4 members (excludes halogenated alkanes) is 3. The molecule has 1 aliphatic heterocycles. The Balaban J connectivity index is 1.66.